The molecule has 3 aromatic rings. The van der Waals surface area contributed by atoms with E-state index in [-0.39, 0.29) is 11.6 Å². The van der Waals surface area contributed by atoms with Gasteiger partial charge < -0.3 is 5.11 Å². The molecule has 3 aromatic carbocycles. The summed E-state index contributed by atoms with van der Waals surface area (Å²) >= 11 is 0. The van der Waals surface area contributed by atoms with Crippen molar-refractivity contribution in [2.24, 2.45) is 5.10 Å². The number of hydrogen-bond acceptors (Lipinski definition) is 3. The lowest BCUT2D eigenvalue weighted by Gasteiger charge is -2.25. The Balaban J connectivity index is 1.72. The van der Waals surface area contributed by atoms with Crippen molar-refractivity contribution in [3.05, 3.63) is 108 Å². The summed E-state index contributed by atoms with van der Waals surface area (Å²) in [5.74, 6) is -0.953. The molecule has 0 radical (unpaired) electrons. The summed E-state index contributed by atoms with van der Waals surface area (Å²) in [6, 6.07) is 27.1. The average molecular weight is 368 g/mol. The highest BCUT2D eigenvalue weighted by atomic mass is 16.4. The van der Waals surface area contributed by atoms with Crippen LogP contribution < -0.4 is 5.01 Å². The summed E-state index contributed by atoms with van der Waals surface area (Å²) in [5.41, 5.74) is 3.98. The van der Waals surface area contributed by atoms with Gasteiger partial charge in [0.15, 0.2) is 0 Å². The highest BCUT2D eigenvalue weighted by Crippen LogP contribution is 2.37. The van der Waals surface area contributed by atoms with Crippen molar-refractivity contribution in [2.75, 3.05) is 5.01 Å². The monoisotopic (exact) mass is 368 g/mol. The van der Waals surface area contributed by atoms with Crippen LogP contribution in [0.5, 0.6) is 0 Å². The summed E-state index contributed by atoms with van der Waals surface area (Å²) in [4.78, 5) is 11.7. The van der Waals surface area contributed by atoms with Gasteiger partial charge in [0.25, 0.3) is 0 Å². The van der Waals surface area contributed by atoms with Crippen LogP contribution in [0, 0.1) is 0 Å². The second-order valence-electron chi connectivity index (χ2n) is 6.63. The maximum Gasteiger partial charge on any atom is 0.337 e. The minimum absolute atomic E-state index is 0.0443. The number of anilines is 1. The molecule has 0 aromatic heterocycles. The first-order valence-electron chi connectivity index (χ1n) is 9.19. The summed E-state index contributed by atoms with van der Waals surface area (Å²) < 4.78 is 0. The van der Waals surface area contributed by atoms with Gasteiger partial charge in [-0.3, -0.25) is 5.01 Å². The van der Waals surface area contributed by atoms with Crippen molar-refractivity contribution in [1.29, 1.82) is 0 Å². The van der Waals surface area contributed by atoms with Crippen LogP contribution in [0.3, 0.4) is 0 Å². The van der Waals surface area contributed by atoms with Gasteiger partial charge in [0.1, 0.15) is 0 Å². The first-order valence-corrected chi connectivity index (χ1v) is 9.19. The van der Waals surface area contributed by atoms with E-state index in [4.69, 9.17) is 5.10 Å². The first-order chi connectivity index (χ1) is 13.7. The van der Waals surface area contributed by atoms with Crippen LogP contribution in [-0.2, 0) is 0 Å². The minimum atomic E-state index is -0.953. The summed E-state index contributed by atoms with van der Waals surface area (Å²) in [7, 11) is 0. The third-order valence-electron chi connectivity index (χ3n) is 4.77. The zero-order chi connectivity index (χ0) is 19.3. The van der Waals surface area contributed by atoms with Gasteiger partial charge in [-0.25, -0.2) is 4.79 Å². The molecule has 28 heavy (non-hydrogen) atoms. The number of carboxylic acids is 1. The van der Waals surface area contributed by atoms with Crippen LogP contribution in [0.2, 0.25) is 0 Å². The Hall–Kier alpha value is -3.66. The van der Waals surface area contributed by atoms with E-state index in [2.05, 4.69) is 12.1 Å². The number of benzene rings is 3. The molecule has 1 heterocycles. The first kappa shape index (κ1) is 17.7. The molecule has 1 N–H and O–H groups in total. The number of carbonyl (C=O) groups is 1. The van der Waals surface area contributed by atoms with Crippen LogP contribution in [0.25, 0.3) is 6.08 Å². The van der Waals surface area contributed by atoms with Crippen molar-refractivity contribution in [3.63, 3.8) is 0 Å². The molecular weight excluding hydrogens is 348 g/mol. The van der Waals surface area contributed by atoms with Gasteiger partial charge in [0.05, 0.1) is 23.0 Å². The molecule has 0 saturated carbocycles. The normalized spacial score (nSPS) is 16.4. The van der Waals surface area contributed by atoms with E-state index in [0.717, 1.165) is 16.8 Å². The Labute approximate surface area is 164 Å². The maximum absolute atomic E-state index is 11.7. The second kappa shape index (κ2) is 7.92. The summed E-state index contributed by atoms with van der Waals surface area (Å²) in [6.07, 6.45) is 4.75. The molecular formula is C24H20N2O2. The predicted molar refractivity (Wildman–Crippen MR) is 113 cm³/mol. The van der Waals surface area contributed by atoms with Crippen molar-refractivity contribution < 1.29 is 9.90 Å². The van der Waals surface area contributed by atoms with E-state index < -0.39 is 5.97 Å². The van der Waals surface area contributed by atoms with Crippen LogP contribution >= 0.6 is 0 Å². The molecule has 0 amide bonds. The second-order valence-corrected chi connectivity index (χ2v) is 6.63. The van der Waals surface area contributed by atoms with Gasteiger partial charge in [-0.15, -0.1) is 0 Å². The number of rotatable bonds is 5. The standard InChI is InChI=1S/C24H20N2O2/c27-24(28)21-13-7-8-14-22(21)26-23(19-11-5-2-6-12-19)17-20(25-26)16-15-18-9-3-1-4-10-18/h1-16,23H,17H2,(H,27,28)/b16-15+. The predicted octanol–water partition coefficient (Wildman–Crippen LogP) is 5.41. The lowest BCUT2D eigenvalue weighted by molar-refractivity contribution is 0.0697. The van der Waals surface area contributed by atoms with E-state index in [0.29, 0.717) is 12.1 Å². The molecule has 0 saturated heterocycles. The number of nitrogens with zero attached hydrogens (tertiary/aromatic N) is 2. The third kappa shape index (κ3) is 3.71. The Morgan fingerprint density at radius 3 is 2.25 bits per heavy atom. The smallest absolute Gasteiger partial charge is 0.337 e. The van der Waals surface area contributed by atoms with Gasteiger partial charge in [-0.1, -0.05) is 78.9 Å². The largest absolute Gasteiger partial charge is 0.478 e. The average Bonchev–Trinajstić information content (AvgIpc) is 3.18. The van der Waals surface area contributed by atoms with Crippen molar-refractivity contribution in [1.82, 2.24) is 0 Å². The number of carboxylic acid groups (broad SMARTS) is 1. The van der Waals surface area contributed by atoms with E-state index >= 15 is 0 Å². The summed E-state index contributed by atoms with van der Waals surface area (Å²) in [6.45, 7) is 0. The molecule has 4 rings (SSSR count). The highest BCUT2D eigenvalue weighted by Gasteiger charge is 2.30. The fraction of sp³-hybridized carbons (Fsp3) is 0.0833. The molecule has 0 spiro atoms. The van der Waals surface area contributed by atoms with E-state index in [1.54, 1.807) is 12.1 Å². The quantitative estimate of drug-likeness (QED) is 0.655. The molecule has 138 valence electrons. The zero-order valence-corrected chi connectivity index (χ0v) is 15.3. The molecule has 1 unspecified atom stereocenters. The Morgan fingerprint density at radius 2 is 1.54 bits per heavy atom. The molecule has 0 fully saturated rings. The molecule has 1 atom stereocenters. The highest BCUT2D eigenvalue weighted by molar-refractivity contribution is 6.02. The van der Waals surface area contributed by atoms with Crippen LogP contribution in [0.1, 0.15) is 33.9 Å². The molecule has 0 aliphatic carbocycles. The van der Waals surface area contributed by atoms with Crippen molar-refractivity contribution in [2.45, 2.75) is 12.5 Å². The number of para-hydroxylation sites is 1. The van der Waals surface area contributed by atoms with E-state index in [1.807, 2.05) is 77.8 Å². The molecule has 1 aliphatic rings. The van der Waals surface area contributed by atoms with Crippen LogP contribution in [0.15, 0.2) is 96.1 Å². The third-order valence-corrected chi connectivity index (χ3v) is 4.77. The fourth-order valence-electron chi connectivity index (χ4n) is 3.40. The Kier molecular flexibility index (Phi) is 5.02. The summed E-state index contributed by atoms with van der Waals surface area (Å²) in [5, 5.41) is 16.2. The molecule has 4 heteroatoms. The lowest BCUT2D eigenvalue weighted by Crippen LogP contribution is -2.20. The van der Waals surface area contributed by atoms with Crippen molar-refractivity contribution >= 4 is 23.4 Å². The lowest BCUT2D eigenvalue weighted by atomic mass is 10.0. The van der Waals surface area contributed by atoms with Gasteiger partial charge >= 0.3 is 5.97 Å². The van der Waals surface area contributed by atoms with Crippen LogP contribution in [0.4, 0.5) is 5.69 Å². The molecule has 4 nitrogen and oxygen atoms in total. The van der Waals surface area contributed by atoms with Crippen molar-refractivity contribution in [3.8, 4) is 0 Å². The molecule has 1 aliphatic heterocycles. The van der Waals surface area contributed by atoms with E-state index in [1.165, 1.54) is 0 Å². The minimum Gasteiger partial charge on any atom is -0.478 e. The Bertz CT molecular complexity index is 1030. The number of hydrazone groups is 1. The van der Waals surface area contributed by atoms with E-state index in [9.17, 15) is 9.90 Å². The topological polar surface area (TPSA) is 52.9 Å². The Morgan fingerprint density at radius 1 is 0.893 bits per heavy atom. The van der Waals surface area contributed by atoms with Gasteiger partial charge in [-0.05, 0) is 29.3 Å². The number of allylic oxidation sites excluding steroid dienone is 1. The maximum atomic E-state index is 11.7. The van der Waals surface area contributed by atoms with Gasteiger partial charge in [0.2, 0.25) is 0 Å². The van der Waals surface area contributed by atoms with Gasteiger partial charge in [0, 0.05) is 6.42 Å². The number of aromatic carboxylic acids is 1. The van der Waals surface area contributed by atoms with Gasteiger partial charge in [-0.2, -0.15) is 5.10 Å². The SMILES string of the molecule is O=C(O)c1ccccc1N1N=C(/C=C/c2ccccc2)CC1c1ccccc1. The number of hydrogen-bond donors (Lipinski definition) is 1. The zero-order valence-electron chi connectivity index (χ0n) is 15.3. The molecule has 0 bridgehead atoms. The van der Waals surface area contributed by atoms with Crippen LogP contribution in [-0.4, -0.2) is 16.8 Å². The fourth-order valence-corrected chi connectivity index (χ4v) is 3.40.